The quantitative estimate of drug-likeness (QED) is 0.267. The maximum absolute atomic E-state index is 14.0. The lowest BCUT2D eigenvalue weighted by Crippen LogP contribution is -2.31. The van der Waals surface area contributed by atoms with Crippen molar-refractivity contribution >= 4 is 16.9 Å². The van der Waals surface area contributed by atoms with Gasteiger partial charge in [-0.2, -0.15) is 0 Å². The lowest BCUT2D eigenvalue weighted by atomic mass is 9.98. The largest absolute Gasteiger partial charge is 0.497 e. The second kappa shape index (κ2) is 10.5. The van der Waals surface area contributed by atoms with Crippen molar-refractivity contribution in [1.29, 1.82) is 0 Å². The second-order valence-corrected chi connectivity index (χ2v) is 9.09. The minimum Gasteiger partial charge on any atom is -0.497 e. The highest BCUT2D eigenvalue weighted by atomic mass is 19.1. The van der Waals surface area contributed by atoms with Crippen molar-refractivity contribution in [3.63, 3.8) is 0 Å². The SMILES string of the molecule is CCCCOc1cccc(C2c3c(oc4ccc(F)cc4c3=O)C(=O)N2CCc2ccc(OC)cc2)c1. The number of amides is 1. The van der Waals surface area contributed by atoms with Crippen LogP contribution in [0.4, 0.5) is 4.39 Å². The Labute approximate surface area is 214 Å². The van der Waals surface area contributed by atoms with Gasteiger partial charge in [0.25, 0.3) is 5.91 Å². The number of halogens is 1. The summed E-state index contributed by atoms with van der Waals surface area (Å²) in [5, 5.41) is 0.115. The number of rotatable bonds is 9. The molecule has 4 aromatic rings. The van der Waals surface area contributed by atoms with Gasteiger partial charge < -0.3 is 18.8 Å². The number of unbranched alkanes of at least 4 members (excludes halogenated alkanes) is 1. The van der Waals surface area contributed by atoms with Crippen molar-refractivity contribution in [3.8, 4) is 11.5 Å². The first-order chi connectivity index (χ1) is 18.0. The second-order valence-electron chi connectivity index (χ2n) is 9.09. The van der Waals surface area contributed by atoms with Crippen molar-refractivity contribution in [2.75, 3.05) is 20.3 Å². The lowest BCUT2D eigenvalue weighted by molar-refractivity contribution is 0.0729. The van der Waals surface area contributed by atoms with Gasteiger partial charge in [-0.15, -0.1) is 0 Å². The fourth-order valence-corrected chi connectivity index (χ4v) is 4.72. The minimum atomic E-state index is -0.681. The Morgan fingerprint density at radius 2 is 1.81 bits per heavy atom. The van der Waals surface area contributed by atoms with Crippen LogP contribution in [0, 0.1) is 5.82 Å². The molecule has 0 bridgehead atoms. The van der Waals surface area contributed by atoms with E-state index in [9.17, 15) is 14.0 Å². The fraction of sp³-hybridized carbons (Fsp3) is 0.267. The van der Waals surface area contributed by atoms with Crippen LogP contribution in [0.25, 0.3) is 11.0 Å². The third kappa shape index (κ3) is 4.81. The summed E-state index contributed by atoms with van der Waals surface area (Å²) in [5.41, 5.74) is 1.76. The molecule has 37 heavy (non-hydrogen) atoms. The van der Waals surface area contributed by atoms with Crippen LogP contribution in [0.1, 0.15) is 53.1 Å². The van der Waals surface area contributed by atoms with Gasteiger partial charge >= 0.3 is 0 Å². The molecule has 190 valence electrons. The predicted molar refractivity (Wildman–Crippen MR) is 139 cm³/mol. The zero-order valence-electron chi connectivity index (χ0n) is 20.8. The molecule has 1 unspecified atom stereocenters. The predicted octanol–water partition coefficient (Wildman–Crippen LogP) is 5.91. The Kier molecular flexibility index (Phi) is 6.95. The average Bonchev–Trinajstić information content (AvgIpc) is 3.20. The van der Waals surface area contributed by atoms with Crippen molar-refractivity contribution in [1.82, 2.24) is 4.90 Å². The Hall–Kier alpha value is -4.13. The molecule has 1 amide bonds. The number of hydrogen-bond donors (Lipinski definition) is 0. The zero-order chi connectivity index (χ0) is 25.9. The highest BCUT2D eigenvalue weighted by molar-refractivity contribution is 5.99. The number of carbonyl (C=O) groups excluding carboxylic acids is 1. The molecule has 1 atom stereocenters. The van der Waals surface area contributed by atoms with Gasteiger partial charge in [-0.1, -0.05) is 37.6 Å². The summed E-state index contributed by atoms with van der Waals surface area (Å²) >= 11 is 0. The number of hydrogen-bond acceptors (Lipinski definition) is 5. The van der Waals surface area contributed by atoms with Crippen molar-refractivity contribution in [3.05, 3.63) is 105 Å². The zero-order valence-corrected chi connectivity index (χ0v) is 20.8. The summed E-state index contributed by atoms with van der Waals surface area (Å²) in [5.74, 6) is 0.511. The normalized spacial score (nSPS) is 14.7. The van der Waals surface area contributed by atoms with Gasteiger partial charge in [-0.3, -0.25) is 9.59 Å². The summed E-state index contributed by atoms with van der Waals surface area (Å²) < 4.78 is 31.1. The number of carbonyl (C=O) groups is 1. The number of ether oxygens (including phenoxy) is 2. The summed E-state index contributed by atoms with van der Waals surface area (Å²) in [4.78, 5) is 28.9. The molecule has 0 radical (unpaired) electrons. The summed E-state index contributed by atoms with van der Waals surface area (Å²) in [6.45, 7) is 3.02. The van der Waals surface area contributed by atoms with Gasteiger partial charge in [0.1, 0.15) is 22.9 Å². The number of methoxy groups -OCH3 is 1. The maximum Gasteiger partial charge on any atom is 0.290 e. The summed E-state index contributed by atoms with van der Waals surface area (Å²) in [6.07, 6.45) is 2.49. The van der Waals surface area contributed by atoms with E-state index in [1.54, 1.807) is 12.0 Å². The van der Waals surface area contributed by atoms with Crippen LogP contribution in [0.5, 0.6) is 11.5 Å². The molecule has 0 fully saturated rings. The third-order valence-electron chi connectivity index (χ3n) is 6.67. The summed E-state index contributed by atoms with van der Waals surface area (Å²) in [6, 6.07) is 18.2. The van der Waals surface area contributed by atoms with Gasteiger partial charge in [0.15, 0.2) is 5.43 Å². The van der Waals surface area contributed by atoms with Crippen LogP contribution in [-0.2, 0) is 6.42 Å². The minimum absolute atomic E-state index is 0.00106. The molecular formula is C30H28FNO5. The van der Waals surface area contributed by atoms with E-state index in [-0.39, 0.29) is 28.2 Å². The van der Waals surface area contributed by atoms with E-state index in [4.69, 9.17) is 13.9 Å². The monoisotopic (exact) mass is 501 g/mol. The Morgan fingerprint density at radius 1 is 1.00 bits per heavy atom. The van der Waals surface area contributed by atoms with E-state index >= 15 is 0 Å². The van der Waals surface area contributed by atoms with Gasteiger partial charge in [0.2, 0.25) is 5.76 Å². The standard InChI is InChI=1S/C30H28FNO5/c1-3-4-16-36-23-7-5-6-20(17-23)27-26-28(33)24-18-21(31)10-13-25(24)37-29(26)30(34)32(27)15-14-19-8-11-22(35-2)12-9-19/h5-13,17-18,27H,3-4,14-16H2,1-2H3. The van der Waals surface area contributed by atoms with Crippen molar-refractivity contribution in [2.45, 2.75) is 32.2 Å². The van der Waals surface area contributed by atoms with Crippen molar-refractivity contribution < 1.29 is 23.1 Å². The van der Waals surface area contributed by atoms with Gasteiger partial charge in [-0.25, -0.2) is 4.39 Å². The highest BCUT2D eigenvalue weighted by Gasteiger charge is 2.42. The number of benzene rings is 3. The van der Waals surface area contributed by atoms with Gasteiger partial charge in [-0.05, 0) is 66.4 Å². The topological polar surface area (TPSA) is 69.0 Å². The number of fused-ring (bicyclic) bond motifs is 2. The van der Waals surface area contributed by atoms with Crippen LogP contribution in [0.3, 0.4) is 0 Å². The van der Waals surface area contributed by atoms with Crippen molar-refractivity contribution in [2.24, 2.45) is 0 Å². The van der Waals surface area contributed by atoms with Gasteiger partial charge in [0.05, 0.1) is 30.7 Å². The molecule has 1 aromatic heterocycles. The smallest absolute Gasteiger partial charge is 0.290 e. The number of nitrogens with zero attached hydrogens (tertiary/aromatic N) is 1. The Bertz CT molecular complexity index is 1490. The molecule has 1 aliphatic heterocycles. The molecular weight excluding hydrogens is 473 g/mol. The van der Waals surface area contributed by atoms with Crippen LogP contribution in [-0.4, -0.2) is 31.1 Å². The van der Waals surface area contributed by atoms with Crippen LogP contribution in [0.15, 0.2) is 75.9 Å². The van der Waals surface area contributed by atoms with E-state index in [1.807, 2.05) is 48.5 Å². The Morgan fingerprint density at radius 3 is 2.57 bits per heavy atom. The fourth-order valence-electron chi connectivity index (χ4n) is 4.72. The third-order valence-corrected chi connectivity index (χ3v) is 6.67. The highest BCUT2D eigenvalue weighted by Crippen LogP contribution is 2.39. The molecule has 6 nitrogen and oxygen atoms in total. The molecule has 0 saturated heterocycles. The van der Waals surface area contributed by atoms with Crippen LogP contribution < -0.4 is 14.9 Å². The lowest BCUT2D eigenvalue weighted by Gasteiger charge is -2.25. The molecule has 2 heterocycles. The van der Waals surface area contributed by atoms with E-state index < -0.39 is 17.3 Å². The molecule has 0 spiro atoms. The maximum atomic E-state index is 14.0. The average molecular weight is 502 g/mol. The van der Waals surface area contributed by atoms with Crippen LogP contribution in [0.2, 0.25) is 0 Å². The molecule has 1 aliphatic rings. The first-order valence-corrected chi connectivity index (χ1v) is 12.4. The molecule has 0 saturated carbocycles. The van der Waals surface area contributed by atoms with E-state index in [2.05, 4.69) is 6.92 Å². The van der Waals surface area contributed by atoms with E-state index in [0.717, 1.165) is 35.8 Å². The van der Waals surface area contributed by atoms with Gasteiger partial charge in [0, 0.05) is 6.54 Å². The summed E-state index contributed by atoms with van der Waals surface area (Å²) in [7, 11) is 1.61. The first-order valence-electron chi connectivity index (χ1n) is 12.4. The molecule has 0 aliphatic carbocycles. The Balaban J connectivity index is 1.57. The molecule has 5 rings (SSSR count). The first kappa shape index (κ1) is 24.6. The van der Waals surface area contributed by atoms with Crippen LogP contribution >= 0.6 is 0 Å². The molecule has 7 heteroatoms. The molecule has 0 N–H and O–H groups in total. The van der Waals surface area contributed by atoms with E-state index in [1.165, 1.54) is 12.1 Å². The van der Waals surface area contributed by atoms with E-state index in [0.29, 0.717) is 25.3 Å². The molecule has 3 aromatic carbocycles.